The maximum Gasteiger partial charge on any atom is 2.00 e. The van der Waals surface area contributed by atoms with Crippen molar-refractivity contribution in [2.75, 3.05) is 0 Å². The number of hydrogen-bond acceptors (Lipinski definition) is 1. The van der Waals surface area contributed by atoms with Crippen molar-refractivity contribution >= 4 is 46.7 Å². The Bertz CT molecular complexity index is 23.2. The van der Waals surface area contributed by atoms with Gasteiger partial charge in [0.2, 0.25) is 0 Å². The van der Waals surface area contributed by atoms with E-state index in [9.17, 15) is 0 Å². The smallest absolute Gasteiger partial charge is 1.00 e. The van der Waals surface area contributed by atoms with E-state index in [1.807, 2.05) is 0 Å². The Kier molecular flexibility index (Phi) is 67.5. The topological polar surface area (TPSA) is 17.1 Å². The summed E-state index contributed by atoms with van der Waals surface area (Å²) in [6, 6.07) is 0. The third-order valence-electron chi connectivity index (χ3n) is 0. The molecule has 1 nitrogen and oxygen atoms in total. The summed E-state index contributed by atoms with van der Waals surface area (Å²) in [6.07, 6.45) is 0.750. The van der Waals surface area contributed by atoms with Crippen LogP contribution >= 0.6 is 0 Å². The summed E-state index contributed by atoms with van der Waals surface area (Å²) in [6.45, 7) is 1.44. The van der Waals surface area contributed by atoms with Gasteiger partial charge < -0.3 is 7.65 Å². The van der Waals surface area contributed by atoms with Crippen LogP contribution in [0.4, 0.5) is 0 Å². The molecule has 0 saturated heterocycles. The van der Waals surface area contributed by atoms with Gasteiger partial charge in [0.15, 0.2) is 17.4 Å². The van der Waals surface area contributed by atoms with Crippen molar-refractivity contribution in [1.82, 2.24) is 0 Å². The van der Waals surface area contributed by atoms with Crippen LogP contribution in [0.25, 0.3) is 0 Å². The summed E-state index contributed by atoms with van der Waals surface area (Å²) in [5, 5.41) is 0. The zero-order valence-electron chi connectivity index (χ0n) is 4.69. The molecule has 0 aliphatic rings. The fourth-order valence-electron chi connectivity index (χ4n) is 0. The van der Waals surface area contributed by atoms with Crippen molar-refractivity contribution in [1.29, 1.82) is 0 Å². The van der Waals surface area contributed by atoms with Crippen LogP contribution in [-0.4, -0.2) is 46.7 Å². The molecule has 0 aliphatic carbocycles. The quantitative estimate of drug-likeness (QED) is 0.278. The van der Waals surface area contributed by atoms with E-state index in [4.69, 9.17) is 4.79 Å². The molecule has 0 aliphatic heterocycles. The van der Waals surface area contributed by atoms with Gasteiger partial charge in [0, 0.05) is 0 Å². The van der Waals surface area contributed by atoms with E-state index in [0.717, 1.165) is 6.29 Å². The third-order valence-corrected chi connectivity index (χ3v) is 0. The van der Waals surface area contributed by atoms with Crippen LogP contribution in [0.15, 0.2) is 0 Å². The molecule has 0 atom stereocenters. The van der Waals surface area contributed by atoms with Crippen molar-refractivity contribution in [2.24, 2.45) is 0 Å². The minimum Gasteiger partial charge on any atom is -1.00 e. The van der Waals surface area contributed by atoms with Crippen LogP contribution in [0.3, 0.4) is 0 Å². The van der Waals surface area contributed by atoms with E-state index in [2.05, 4.69) is 0 Å². The molecule has 3 heteroatoms. The number of carbonyl (C=O) groups is 1. The van der Waals surface area contributed by atoms with Gasteiger partial charge in [0.1, 0.15) is 6.29 Å². The summed E-state index contributed by atoms with van der Waals surface area (Å²) in [4.78, 5) is 8.81. The average Bonchev–Trinajstić information content (AvgIpc) is 0.918. The van der Waals surface area contributed by atoms with Crippen molar-refractivity contribution < 1.29 is 7.65 Å². The molecule has 0 heterocycles. The summed E-state index contributed by atoms with van der Waals surface area (Å²) in [5.74, 6) is 0. The molecule has 0 fully saturated rings. The van der Waals surface area contributed by atoms with Gasteiger partial charge in [-0.05, 0) is 6.92 Å². The molecule has 0 aromatic carbocycles. The fraction of sp³-hybridized carbons (Fsp3) is 0.500. The monoisotopic (exact) mass is 100 g/mol. The van der Waals surface area contributed by atoms with Crippen molar-refractivity contribution in [2.45, 2.75) is 6.92 Å². The van der Waals surface area contributed by atoms with E-state index < -0.39 is 0 Å². The second kappa shape index (κ2) is 20.2. The van der Waals surface area contributed by atoms with Gasteiger partial charge in [-0.1, -0.05) is 0 Å². The van der Waals surface area contributed by atoms with Crippen molar-refractivity contribution in [3.8, 4) is 0 Å². The first kappa shape index (κ1) is 16.7. The maximum absolute atomic E-state index is 8.81. The van der Waals surface area contributed by atoms with E-state index in [0.29, 0.717) is 0 Å². The number of carbonyl (C=O) groups excluding carboxylic acids is 1. The first-order chi connectivity index (χ1) is 1.41. The molecule has 0 radical (unpaired) electrons. The molecule has 5 heavy (non-hydrogen) atoms. The van der Waals surface area contributed by atoms with Crippen LogP contribution < -0.4 is 0 Å². The Balaban J connectivity index is -0.00000000333. The SMILES string of the molecule is CC=O.[AlH3].[H-].[H-].[Mg+2]. The Morgan fingerprint density at radius 3 is 1.80 bits per heavy atom. The van der Waals surface area contributed by atoms with E-state index in [1.54, 1.807) is 0 Å². The standard InChI is InChI=1S/C2H4O.Al.Mg.5H/c1-2-3;;;;;;;/h2H,1H3;;;;;;;/q;;+2;;;;2*-1. The minimum atomic E-state index is 0. The van der Waals surface area contributed by atoms with Crippen LogP contribution in [0.1, 0.15) is 9.78 Å². The van der Waals surface area contributed by atoms with Crippen LogP contribution in [0.2, 0.25) is 0 Å². The molecule has 0 N–H and O–H groups in total. The predicted molar refractivity (Wildman–Crippen MR) is 29.7 cm³/mol. The van der Waals surface area contributed by atoms with E-state index in [1.165, 1.54) is 6.92 Å². The largest absolute Gasteiger partial charge is 2.00 e. The second-order valence-corrected chi connectivity index (χ2v) is 0.236. The number of hydrogen-bond donors (Lipinski definition) is 0. The molecular formula is C2H9AlMgO. The summed E-state index contributed by atoms with van der Waals surface area (Å²) >= 11 is 0. The molecule has 0 spiro atoms. The maximum atomic E-state index is 8.81. The molecular weight excluding hydrogens is 91.3 g/mol. The summed E-state index contributed by atoms with van der Waals surface area (Å²) in [5.41, 5.74) is 0. The Hall–Kier alpha value is 0.969. The molecule has 0 saturated carbocycles. The molecule has 0 amide bonds. The van der Waals surface area contributed by atoms with Gasteiger partial charge in [0.25, 0.3) is 0 Å². The van der Waals surface area contributed by atoms with Gasteiger partial charge in [0.05, 0.1) is 0 Å². The van der Waals surface area contributed by atoms with Crippen molar-refractivity contribution in [3.05, 3.63) is 0 Å². The summed E-state index contributed by atoms with van der Waals surface area (Å²) < 4.78 is 0. The Morgan fingerprint density at radius 1 is 1.80 bits per heavy atom. The first-order valence-corrected chi connectivity index (χ1v) is 0.813. The van der Waals surface area contributed by atoms with Crippen molar-refractivity contribution in [3.63, 3.8) is 0 Å². The molecule has 0 rings (SSSR count). The minimum absolute atomic E-state index is 0. The zero-order valence-corrected chi connectivity index (χ0v) is 4.11. The van der Waals surface area contributed by atoms with Gasteiger partial charge in [-0.25, -0.2) is 0 Å². The van der Waals surface area contributed by atoms with E-state index in [-0.39, 0.29) is 43.3 Å². The van der Waals surface area contributed by atoms with Crippen LogP contribution in [-0.2, 0) is 4.79 Å². The molecule has 0 aromatic heterocycles. The fourth-order valence-corrected chi connectivity index (χ4v) is 0. The van der Waals surface area contributed by atoms with Crippen LogP contribution in [0.5, 0.6) is 0 Å². The number of rotatable bonds is 0. The molecule has 28 valence electrons. The van der Waals surface area contributed by atoms with Gasteiger partial charge in [-0.15, -0.1) is 0 Å². The molecule has 0 bridgehead atoms. The predicted octanol–water partition coefficient (Wildman–Crippen LogP) is -1.13. The first-order valence-electron chi connectivity index (χ1n) is 0.813. The van der Waals surface area contributed by atoms with Gasteiger partial charge >= 0.3 is 23.1 Å². The van der Waals surface area contributed by atoms with E-state index >= 15 is 0 Å². The Labute approximate surface area is 61.4 Å². The molecule has 0 aromatic rings. The number of aldehydes is 1. The normalized spacial score (nSPS) is 2.60. The average molecular weight is 100 g/mol. The second-order valence-electron chi connectivity index (χ2n) is 0.236. The Morgan fingerprint density at radius 2 is 1.80 bits per heavy atom. The van der Waals surface area contributed by atoms with Crippen LogP contribution in [0, 0.1) is 0 Å². The van der Waals surface area contributed by atoms with Gasteiger partial charge in [-0.3, -0.25) is 0 Å². The summed E-state index contributed by atoms with van der Waals surface area (Å²) in [7, 11) is 0. The molecule has 0 unspecified atom stereocenters. The van der Waals surface area contributed by atoms with Gasteiger partial charge in [-0.2, -0.15) is 0 Å². The zero-order chi connectivity index (χ0) is 2.71. The third kappa shape index (κ3) is 46.7.